The number of nitrogens with two attached hydrogens (primary N) is 1. The maximum absolute atomic E-state index is 5.49. The molecular formula is C15H23N5S. The smallest absolute Gasteiger partial charge is 0.145 e. The molecule has 114 valence electrons. The molecule has 1 atom stereocenters. The Morgan fingerprint density at radius 3 is 2.29 bits per heavy atom. The Bertz CT molecular complexity index is 621. The minimum atomic E-state index is 0.190. The Morgan fingerprint density at radius 2 is 1.76 bits per heavy atom. The van der Waals surface area contributed by atoms with Crippen LogP contribution >= 0.6 is 11.3 Å². The number of hydrogen-bond donors (Lipinski definition) is 3. The zero-order valence-corrected chi connectivity index (χ0v) is 14.0. The highest BCUT2D eigenvalue weighted by Crippen LogP contribution is 2.28. The van der Waals surface area contributed by atoms with E-state index in [4.69, 9.17) is 5.84 Å². The molecule has 0 aliphatic carbocycles. The highest BCUT2D eigenvalue weighted by molar-refractivity contribution is 7.12. The summed E-state index contributed by atoms with van der Waals surface area (Å²) in [6.07, 6.45) is 0. The van der Waals surface area contributed by atoms with Gasteiger partial charge in [0.15, 0.2) is 0 Å². The van der Waals surface area contributed by atoms with Crippen molar-refractivity contribution in [3.05, 3.63) is 33.3 Å². The van der Waals surface area contributed by atoms with Gasteiger partial charge in [-0.05, 0) is 32.4 Å². The van der Waals surface area contributed by atoms with Crippen molar-refractivity contribution in [2.24, 2.45) is 5.84 Å². The van der Waals surface area contributed by atoms with Crippen LogP contribution in [0.15, 0.2) is 12.1 Å². The van der Waals surface area contributed by atoms with Crippen molar-refractivity contribution in [3.63, 3.8) is 0 Å². The van der Waals surface area contributed by atoms with Gasteiger partial charge < -0.3 is 10.7 Å². The van der Waals surface area contributed by atoms with Gasteiger partial charge in [-0.3, -0.25) is 0 Å². The van der Waals surface area contributed by atoms with Gasteiger partial charge in [0.25, 0.3) is 0 Å². The van der Waals surface area contributed by atoms with E-state index in [0.717, 1.165) is 11.6 Å². The third-order valence-corrected chi connectivity index (χ3v) is 4.30. The molecule has 0 aliphatic rings. The number of nitrogens with one attached hydrogen (secondary N) is 2. The quantitative estimate of drug-likeness (QED) is 0.579. The first-order valence-electron chi connectivity index (χ1n) is 7.09. The van der Waals surface area contributed by atoms with Gasteiger partial charge in [0.05, 0.1) is 6.04 Å². The third kappa shape index (κ3) is 3.71. The second-order valence-corrected chi connectivity index (χ2v) is 6.99. The van der Waals surface area contributed by atoms with Crippen LogP contribution in [0.5, 0.6) is 0 Å². The number of aromatic nitrogens is 2. The molecule has 1 unspecified atom stereocenters. The summed E-state index contributed by atoms with van der Waals surface area (Å²) < 4.78 is 0. The molecule has 6 heteroatoms. The summed E-state index contributed by atoms with van der Waals surface area (Å²) >= 11 is 1.82. The SMILES string of the molecule is Cc1cc(C(C)Nc2cc(NN)nc(C(C)C)n2)c(C)s1. The lowest BCUT2D eigenvalue weighted by atomic mass is 10.1. The first-order valence-corrected chi connectivity index (χ1v) is 7.91. The maximum Gasteiger partial charge on any atom is 0.145 e. The fourth-order valence-electron chi connectivity index (χ4n) is 2.25. The number of nitrogens with zero attached hydrogens (tertiary/aromatic N) is 2. The van der Waals surface area contributed by atoms with Crippen LogP contribution in [0.1, 0.15) is 53.9 Å². The van der Waals surface area contributed by atoms with Gasteiger partial charge in [0.2, 0.25) is 0 Å². The lowest BCUT2D eigenvalue weighted by Gasteiger charge is -2.16. The highest BCUT2D eigenvalue weighted by Gasteiger charge is 2.14. The molecule has 0 bridgehead atoms. The fraction of sp³-hybridized carbons (Fsp3) is 0.467. The molecule has 2 heterocycles. The van der Waals surface area contributed by atoms with Crippen LogP contribution in [0.4, 0.5) is 11.6 Å². The van der Waals surface area contributed by atoms with Crippen LogP contribution in [0.3, 0.4) is 0 Å². The van der Waals surface area contributed by atoms with Gasteiger partial charge in [-0.1, -0.05) is 13.8 Å². The minimum Gasteiger partial charge on any atom is -0.363 e. The second-order valence-electron chi connectivity index (χ2n) is 5.53. The molecule has 0 fully saturated rings. The van der Waals surface area contributed by atoms with E-state index in [0.29, 0.717) is 5.82 Å². The van der Waals surface area contributed by atoms with Crippen molar-refractivity contribution in [1.29, 1.82) is 0 Å². The zero-order chi connectivity index (χ0) is 15.6. The molecule has 0 aromatic carbocycles. The fourth-order valence-corrected chi connectivity index (χ4v) is 3.27. The first kappa shape index (κ1) is 15.7. The van der Waals surface area contributed by atoms with Gasteiger partial charge >= 0.3 is 0 Å². The van der Waals surface area contributed by atoms with Crippen molar-refractivity contribution >= 4 is 23.0 Å². The van der Waals surface area contributed by atoms with Crippen molar-refractivity contribution in [2.75, 3.05) is 10.7 Å². The number of thiophene rings is 1. The number of hydrazine groups is 1. The molecule has 2 rings (SSSR count). The van der Waals surface area contributed by atoms with Gasteiger partial charge in [-0.25, -0.2) is 15.8 Å². The van der Waals surface area contributed by atoms with Crippen molar-refractivity contribution in [3.8, 4) is 0 Å². The van der Waals surface area contributed by atoms with E-state index in [1.165, 1.54) is 15.3 Å². The predicted molar refractivity (Wildman–Crippen MR) is 89.8 cm³/mol. The summed E-state index contributed by atoms with van der Waals surface area (Å²) in [5.41, 5.74) is 3.91. The number of rotatable bonds is 5. The molecule has 2 aromatic rings. The molecule has 4 N–H and O–H groups in total. The molecule has 0 radical (unpaired) electrons. The summed E-state index contributed by atoms with van der Waals surface area (Å²) in [6, 6.07) is 4.25. The van der Waals surface area contributed by atoms with Crippen LogP contribution in [-0.2, 0) is 0 Å². The standard InChI is InChI=1S/C15H23N5S/c1-8(2)15-18-13(7-14(19-15)20-16)17-10(4)12-6-9(3)21-11(12)5/h6-8,10H,16H2,1-5H3,(H2,17,18,19,20). The van der Waals surface area contributed by atoms with Crippen molar-refractivity contribution < 1.29 is 0 Å². The van der Waals surface area contributed by atoms with Gasteiger partial charge in [0.1, 0.15) is 17.5 Å². The molecule has 0 aliphatic heterocycles. The van der Waals surface area contributed by atoms with Gasteiger partial charge in [-0.2, -0.15) is 0 Å². The number of nitrogen functional groups attached to an aromatic ring is 1. The zero-order valence-electron chi connectivity index (χ0n) is 13.2. The van der Waals surface area contributed by atoms with E-state index in [9.17, 15) is 0 Å². The van der Waals surface area contributed by atoms with Crippen LogP contribution in [0, 0.1) is 13.8 Å². The molecule has 0 saturated carbocycles. The second kappa shape index (κ2) is 6.41. The van der Waals surface area contributed by atoms with Crippen LogP contribution < -0.4 is 16.6 Å². The number of aryl methyl sites for hydroxylation is 2. The first-order chi connectivity index (χ1) is 9.90. The largest absolute Gasteiger partial charge is 0.363 e. The van der Waals surface area contributed by atoms with Crippen molar-refractivity contribution in [1.82, 2.24) is 9.97 Å². The summed E-state index contributed by atoms with van der Waals surface area (Å²) in [7, 11) is 0. The molecule has 21 heavy (non-hydrogen) atoms. The Labute approximate surface area is 130 Å². The Kier molecular flexibility index (Phi) is 4.80. The van der Waals surface area contributed by atoms with Gasteiger partial charge in [0, 0.05) is 21.7 Å². The van der Waals surface area contributed by atoms with E-state index in [1.54, 1.807) is 0 Å². The lowest BCUT2D eigenvalue weighted by molar-refractivity contribution is 0.769. The Balaban J connectivity index is 2.26. The van der Waals surface area contributed by atoms with E-state index < -0.39 is 0 Å². The topological polar surface area (TPSA) is 75.9 Å². The summed E-state index contributed by atoms with van der Waals surface area (Å²) in [4.78, 5) is 11.6. The summed E-state index contributed by atoms with van der Waals surface area (Å²) in [5, 5.41) is 3.44. The molecule has 0 spiro atoms. The number of hydrogen-bond acceptors (Lipinski definition) is 6. The molecule has 0 saturated heterocycles. The van der Waals surface area contributed by atoms with E-state index in [1.807, 2.05) is 17.4 Å². The van der Waals surface area contributed by atoms with Crippen LogP contribution in [0.25, 0.3) is 0 Å². The van der Waals surface area contributed by atoms with E-state index >= 15 is 0 Å². The molecule has 0 amide bonds. The van der Waals surface area contributed by atoms with Crippen molar-refractivity contribution in [2.45, 2.75) is 46.6 Å². The minimum absolute atomic E-state index is 0.190. The summed E-state index contributed by atoms with van der Waals surface area (Å²) in [5.74, 6) is 7.93. The molecule has 5 nitrogen and oxygen atoms in total. The average molecular weight is 305 g/mol. The normalized spacial score (nSPS) is 12.5. The molecular weight excluding hydrogens is 282 g/mol. The lowest BCUT2D eigenvalue weighted by Crippen LogP contribution is -2.14. The monoisotopic (exact) mass is 305 g/mol. The molecule has 2 aromatic heterocycles. The highest BCUT2D eigenvalue weighted by atomic mass is 32.1. The predicted octanol–water partition coefficient (Wildman–Crippen LogP) is 3.74. The summed E-state index contributed by atoms with van der Waals surface area (Å²) in [6.45, 7) is 10.6. The number of anilines is 2. The Hall–Kier alpha value is -1.66. The van der Waals surface area contributed by atoms with E-state index in [2.05, 4.69) is 61.4 Å². The average Bonchev–Trinajstić information content (AvgIpc) is 2.77. The maximum atomic E-state index is 5.49. The van der Waals surface area contributed by atoms with Crippen LogP contribution in [-0.4, -0.2) is 9.97 Å². The Morgan fingerprint density at radius 1 is 1.10 bits per heavy atom. The third-order valence-electron chi connectivity index (χ3n) is 3.32. The van der Waals surface area contributed by atoms with E-state index in [-0.39, 0.29) is 12.0 Å². The van der Waals surface area contributed by atoms with Crippen LogP contribution in [0.2, 0.25) is 0 Å². The van der Waals surface area contributed by atoms with Gasteiger partial charge in [-0.15, -0.1) is 11.3 Å².